The summed E-state index contributed by atoms with van der Waals surface area (Å²) in [4.78, 5) is 53.5. The number of hydrogen-bond acceptors (Lipinski definition) is 7. The Hall–Kier alpha value is -1.48. The summed E-state index contributed by atoms with van der Waals surface area (Å²) in [5.74, 6) is -0.856. The predicted octanol–water partition coefficient (Wildman–Crippen LogP) is 9.63. The third-order valence-corrected chi connectivity index (χ3v) is 9.06. The highest BCUT2D eigenvalue weighted by atomic mass is 31.2. The molecule has 3 N–H and O–H groups in total. The molecule has 1 amide bonds. The molecule has 0 aliphatic rings. The summed E-state index contributed by atoms with van der Waals surface area (Å²) in [6, 6.07) is 0. The van der Waals surface area contributed by atoms with Crippen molar-refractivity contribution < 1.29 is 42.7 Å². The number of carbonyl (C=O) groups is 3. The van der Waals surface area contributed by atoms with Crippen molar-refractivity contribution in [2.75, 3.05) is 19.8 Å². The van der Waals surface area contributed by atoms with Crippen LogP contribution in [0.15, 0.2) is 0 Å². The molecule has 0 radical (unpaired) electrons. The number of carbonyl (C=O) groups excluding carboxylic acids is 3. The lowest BCUT2D eigenvalue weighted by Gasteiger charge is -2.18. The Morgan fingerprint density at radius 1 is 0.562 bits per heavy atom. The number of rotatable bonds is 36. The molecule has 0 aliphatic carbocycles. The van der Waals surface area contributed by atoms with E-state index >= 15 is 0 Å². The highest BCUT2D eigenvalue weighted by Crippen LogP contribution is 2.36. The topological polar surface area (TPSA) is 148 Å². The zero-order valence-electron chi connectivity index (χ0n) is 30.7. The molecule has 0 aliphatic heterocycles. The molecule has 0 unspecified atom stereocenters. The van der Waals surface area contributed by atoms with Crippen LogP contribution in [0, 0.1) is 0 Å². The van der Waals surface area contributed by atoms with Gasteiger partial charge in [0.1, 0.15) is 6.61 Å². The lowest BCUT2D eigenvalue weighted by molar-refractivity contribution is -0.161. The summed E-state index contributed by atoms with van der Waals surface area (Å²) in [5, 5.41) is 2.83. The van der Waals surface area contributed by atoms with Crippen molar-refractivity contribution in [3.63, 3.8) is 0 Å². The van der Waals surface area contributed by atoms with Gasteiger partial charge >= 0.3 is 19.8 Å². The first-order valence-corrected chi connectivity index (χ1v) is 21.0. The van der Waals surface area contributed by atoms with Crippen molar-refractivity contribution in [2.45, 2.75) is 200 Å². The van der Waals surface area contributed by atoms with Crippen LogP contribution < -0.4 is 5.32 Å². The van der Waals surface area contributed by atoms with Crippen LogP contribution in [0.5, 0.6) is 0 Å². The molecule has 0 rings (SSSR count). The van der Waals surface area contributed by atoms with Gasteiger partial charge in [0.15, 0.2) is 6.10 Å². The lowest BCUT2D eigenvalue weighted by Crippen LogP contribution is -2.29. The number of esters is 2. The molecule has 284 valence electrons. The van der Waals surface area contributed by atoms with Crippen LogP contribution >= 0.6 is 7.82 Å². The van der Waals surface area contributed by atoms with E-state index in [1.54, 1.807) is 6.92 Å². The lowest BCUT2D eigenvalue weighted by atomic mass is 10.0. The number of ether oxygens (including phenoxy) is 2. The largest absolute Gasteiger partial charge is 0.469 e. The Bertz CT molecular complexity index is 821. The van der Waals surface area contributed by atoms with Gasteiger partial charge in [-0.1, -0.05) is 155 Å². The van der Waals surface area contributed by atoms with E-state index in [0.29, 0.717) is 12.8 Å². The van der Waals surface area contributed by atoms with E-state index in [4.69, 9.17) is 19.3 Å². The van der Waals surface area contributed by atoms with Crippen LogP contribution in [0.25, 0.3) is 0 Å². The molecule has 0 heterocycles. The van der Waals surface area contributed by atoms with E-state index < -0.39 is 32.5 Å². The second-order valence-corrected chi connectivity index (χ2v) is 14.6. The summed E-state index contributed by atoms with van der Waals surface area (Å²) in [5.41, 5.74) is 0. The van der Waals surface area contributed by atoms with Crippen LogP contribution in [0.1, 0.15) is 194 Å². The van der Waals surface area contributed by atoms with Gasteiger partial charge in [0, 0.05) is 26.3 Å². The van der Waals surface area contributed by atoms with Crippen molar-refractivity contribution in [1.29, 1.82) is 0 Å². The minimum atomic E-state index is -4.75. The Kier molecular flexibility index (Phi) is 32.9. The van der Waals surface area contributed by atoms with Gasteiger partial charge in [-0.2, -0.15) is 0 Å². The quantitative estimate of drug-likeness (QED) is 0.0329. The first-order chi connectivity index (χ1) is 23.1. The van der Waals surface area contributed by atoms with E-state index in [-0.39, 0.29) is 25.4 Å². The highest BCUT2D eigenvalue weighted by molar-refractivity contribution is 7.46. The first-order valence-electron chi connectivity index (χ1n) is 19.4. The maximum absolute atomic E-state index is 12.3. The molecule has 0 saturated heterocycles. The van der Waals surface area contributed by atoms with Crippen LogP contribution in [0.3, 0.4) is 0 Å². The zero-order valence-corrected chi connectivity index (χ0v) is 31.6. The molecule has 1 atom stereocenters. The number of phosphoric ester groups is 1. The molecule has 0 aromatic carbocycles. The summed E-state index contributed by atoms with van der Waals surface area (Å²) in [7, 11) is -4.75. The summed E-state index contributed by atoms with van der Waals surface area (Å²) < 4.78 is 26.3. The Labute approximate surface area is 292 Å². The second-order valence-electron chi connectivity index (χ2n) is 13.4. The monoisotopic (exact) mass is 705 g/mol. The molecular weight excluding hydrogens is 633 g/mol. The highest BCUT2D eigenvalue weighted by Gasteiger charge is 2.22. The van der Waals surface area contributed by atoms with Gasteiger partial charge in [0.05, 0.1) is 6.61 Å². The minimum absolute atomic E-state index is 0.0446. The van der Waals surface area contributed by atoms with Gasteiger partial charge in [-0.05, 0) is 19.3 Å². The second kappa shape index (κ2) is 34.0. The molecule has 10 nitrogen and oxygen atoms in total. The molecule has 0 aromatic heterocycles. The van der Waals surface area contributed by atoms with Gasteiger partial charge in [-0.25, -0.2) is 4.57 Å². The summed E-state index contributed by atoms with van der Waals surface area (Å²) in [6.45, 7) is 3.74. The fourth-order valence-corrected chi connectivity index (χ4v) is 6.05. The molecule has 11 heteroatoms. The number of nitrogens with one attached hydrogen (secondary N) is 1. The van der Waals surface area contributed by atoms with Gasteiger partial charge in [-0.3, -0.25) is 18.9 Å². The molecular formula is C37H72NO9P. The Morgan fingerprint density at radius 2 is 0.938 bits per heavy atom. The predicted molar refractivity (Wildman–Crippen MR) is 192 cm³/mol. The number of unbranched alkanes of at least 4 members (excludes halogenated alkanes) is 24. The Morgan fingerprint density at radius 3 is 1.33 bits per heavy atom. The average molecular weight is 706 g/mol. The molecule has 0 fully saturated rings. The normalized spacial score (nSPS) is 12.2. The molecule has 0 bridgehead atoms. The maximum atomic E-state index is 12.3. The number of phosphoric acid groups is 1. The third-order valence-electron chi connectivity index (χ3n) is 8.57. The van der Waals surface area contributed by atoms with Gasteiger partial charge < -0.3 is 24.6 Å². The zero-order chi connectivity index (χ0) is 35.6. The van der Waals surface area contributed by atoms with Crippen molar-refractivity contribution >= 4 is 25.7 Å². The molecule has 0 spiro atoms. The van der Waals surface area contributed by atoms with E-state index in [1.807, 2.05) is 0 Å². The van der Waals surface area contributed by atoms with E-state index in [2.05, 4.69) is 16.8 Å². The molecule has 48 heavy (non-hydrogen) atoms. The average Bonchev–Trinajstić information content (AvgIpc) is 3.03. The van der Waals surface area contributed by atoms with Crippen LogP contribution in [-0.2, 0) is 32.9 Å². The van der Waals surface area contributed by atoms with Crippen molar-refractivity contribution in [3.05, 3.63) is 0 Å². The molecule has 0 aromatic rings. The standard InChI is InChI=1S/C37H72NO9P/c1-3-4-5-6-7-8-9-11-15-18-21-24-27-30-37(41)47-35(33-46-48(42,43)44)32-45-36(40)29-26-23-20-17-14-12-10-13-16-19-22-25-28-31-38-34(2)39/h35H,3-33H2,1-2H3,(H,38,39)(H2,42,43,44)/t35-/m0/s1. The summed E-state index contributed by atoms with van der Waals surface area (Å²) >= 11 is 0. The van der Waals surface area contributed by atoms with Crippen LogP contribution in [0.2, 0.25) is 0 Å². The van der Waals surface area contributed by atoms with Gasteiger partial charge in [0.2, 0.25) is 5.91 Å². The SMILES string of the molecule is CCCCCCCCCCCCCCCC(=O)O[C@@H](COC(=O)CCCCCCCCCCCCCCCNC(C)=O)COP(=O)(O)O. The van der Waals surface area contributed by atoms with Crippen LogP contribution in [-0.4, -0.2) is 53.5 Å². The van der Waals surface area contributed by atoms with Crippen molar-refractivity contribution in [1.82, 2.24) is 5.32 Å². The van der Waals surface area contributed by atoms with Crippen molar-refractivity contribution in [2.24, 2.45) is 0 Å². The first kappa shape index (κ1) is 46.5. The van der Waals surface area contributed by atoms with Crippen molar-refractivity contribution in [3.8, 4) is 0 Å². The Balaban J connectivity index is 3.88. The van der Waals surface area contributed by atoms with E-state index in [9.17, 15) is 18.9 Å². The van der Waals surface area contributed by atoms with Crippen LogP contribution in [0.4, 0.5) is 0 Å². The van der Waals surface area contributed by atoms with E-state index in [1.165, 1.54) is 109 Å². The number of amides is 1. The fraction of sp³-hybridized carbons (Fsp3) is 0.919. The van der Waals surface area contributed by atoms with E-state index in [0.717, 1.165) is 51.5 Å². The van der Waals surface area contributed by atoms with Gasteiger partial charge in [0.25, 0.3) is 0 Å². The molecule has 0 saturated carbocycles. The maximum Gasteiger partial charge on any atom is 0.469 e. The van der Waals surface area contributed by atoms with Gasteiger partial charge in [-0.15, -0.1) is 0 Å². The minimum Gasteiger partial charge on any atom is -0.462 e. The number of hydrogen-bond donors (Lipinski definition) is 3. The summed E-state index contributed by atoms with van der Waals surface area (Å²) in [6.07, 6.45) is 29.8. The third kappa shape index (κ3) is 37.3. The fourth-order valence-electron chi connectivity index (χ4n) is 5.69. The smallest absolute Gasteiger partial charge is 0.462 e.